The molecular weight excluding hydrogens is 404 g/mol. The van der Waals surface area contributed by atoms with Gasteiger partial charge in [-0.1, -0.05) is 12.1 Å². The molecule has 0 bridgehead atoms. The quantitative estimate of drug-likeness (QED) is 0.634. The lowest BCUT2D eigenvalue weighted by atomic mass is 10.1. The number of imide groups is 1. The van der Waals surface area contributed by atoms with Crippen LogP contribution in [0, 0.1) is 6.92 Å². The molecule has 154 valence electrons. The van der Waals surface area contributed by atoms with Crippen LogP contribution in [-0.4, -0.2) is 41.7 Å². The van der Waals surface area contributed by atoms with Crippen molar-refractivity contribution in [2.24, 2.45) is 0 Å². The second-order valence-corrected chi connectivity index (χ2v) is 8.87. The number of nitrogens with one attached hydrogen (secondary N) is 1. The van der Waals surface area contributed by atoms with Crippen LogP contribution in [0.3, 0.4) is 0 Å². The lowest BCUT2D eigenvalue weighted by molar-refractivity contribution is 0.0693. The number of amides is 2. The van der Waals surface area contributed by atoms with Gasteiger partial charge >= 0.3 is 0 Å². The molecule has 9 heteroatoms. The SMILES string of the molecule is Cc1nccn1-c1ccc(C(C)NS(=O)(=O)c2ccc3c(c2)C(=O)N(C)C3=O)cc1. The predicted octanol–water partition coefficient (Wildman–Crippen LogP) is 2.45. The smallest absolute Gasteiger partial charge is 0.261 e. The van der Waals surface area contributed by atoms with Crippen LogP contribution in [0.2, 0.25) is 0 Å². The molecule has 1 aromatic heterocycles. The van der Waals surface area contributed by atoms with Crippen molar-refractivity contribution in [2.45, 2.75) is 24.8 Å². The van der Waals surface area contributed by atoms with Gasteiger partial charge in [0.2, 0.25) is 10.0 Å². The summed E-state index contributed by atoms with van der Waals surface area (Å²) in [6.07, 6.45) is 3.57. The fourth-order valence-corrected chi connectivity index (χ4v) is 4.71. The van der Waals surface area contributed by atoms with Crippen molar-refractivity contribution in [3.05, 3.63) is 77.4 Å². The minimum atomic E-state index is -3.89. The molecule has 2 heterocycles. The maximum atomic E-state index is 12.9. The molecule has 1 atom stereocenters. The van der Waals surface area contributed by atoms with Crippen LogP contribution in [0.4, 0.5) is 0 Å². The average molecular weight is 424 g/mol. The Morgan fingerprint density at radius 2 is 1.67 bits per heavy atom. The van der Waals surface area contributed by atoms with Crippen LogP contribution < -0.4 is 4.72 Å². The standard InChI is InChI=1S/C21H20N4O4S/c1-13(15-4-6-16(7-5-15)25-11-10-22-14(25)2)23-30(28,29)17-8-9-18-19(12-17)21(27)24(3)20(18)26/h4-13,23H,1-3H3. The third-order valence-corrected chi connectivity index (χ3v) is 6.74. The Morgan fingerprint density at radius 1 is 1.00 bits per heavy atom. The zero-order valence-corrected chi connectivity index (χ0v) is 17.5. The lowest BCUT2D eigenvalue weighted by Gasteiger charge is -2.16. The summed E-state index contributed by atoms with van der Waals surface area (Å²) in [5.41, 5.74) is 2.01. The Balaban J connectivity index is 1.56. The summed E-state index contributed by atoms with van der Waals surface area (Å²) in [5, 5.41) is 0. The third kappa shape index (κ3) is 3.31. The largest absolute Gasteiger partial charge is 0.304 e. The van der Waals surface area contributed by atoms with E-state index in [0.29, 0.717) is 0 Å². The predicted molar refractivity (Wildman–Crippen MR) is 110 cm³/mol. The van der Waals surface area contributed by atoms with E-state index in [-0.39, 0.29) is 16.0 Å². The van der Waals surface area contributed by atoms with Crippen molar-refractivity contribution in [3.63, 3.8) is 0 Å². The number of nitrogens with zero attached hydrogens (tertiary/aromatic N) is 3. The van der Waals surface area contributed by atoms with Gasteiger partial charge in [0.05, 0.1) is 16.0 Å². The number of aryl methyl sites for hydroxylation is 1. The van der Waals surface area contributed by atoms with Crippen molar-refractivity contribution in [1.82, 2.24) is 19.2 Å². The van der Waals surface area contributed by atoms with E-state index in [9.17, 15) is 18.0 Å². The van der Waals surface area contributed by atoms with E-state index in [2.05, 4.69) is 9.71 Å². The van der Waals surface area contributed by atoms with Gasteiger partial charge in [-0.2, -0.15) is 0 Å². The zero-order valence-electron chi connectivity index (χ0n) is 16.7. The normalized spacial score (nSPS) is 14.8. The number of rotatable bonds is 5. The molecule has 4 rings (SSSR count). The van der Waals surface area contributed by atoms with Gasteiger partial charge in [0.15, 0.2) is 0 Å². The summed E-state index contributed by atoms with van der Waals surface area (Å²) in [6.45, 7) is 3.64. The molecule has 0 spiro atoms. The van der Waals surface area contributed by atoms with Crippen LogP contribution in [0.1, 0.15) is 45.1 Å². The highest BCUT2D eigenvalue weighted by molar-refractivity contribution is 7.89. The Labute approximate surface area is 174 Å². The number of hydrogen-bond donors (Lipinski definition) is 1. The first-order valence-electron chi connectivity index (χ1n) is 9.28. The molecule has 2 amide bonds. The fourth-order valence-electron chi connectivity index (χ4n) is 3.45. The molecule has 0 fully saturated rings. The Morgan fingerprint density at radius 3 is 2.30 bits per heavy atom. The first-order valence-corrected chi connectivity index (χ1v) is 10.8. The van der Waals surface area contributed by atoms with Crippen LogP contribution >= 0.6 is 0 Å². The Kier molecular flexibility index (Phi) is 4.79. The highest BCUT2D eigenvalue weighted by Gasteiger charge is 2.34. The number of hydrogen-bond acceptors (Lipinski definition) is 5. The monoisotopic (exact) mass is 424 g/mol. The van der Waals surface area contributed by atoms with E-state index in [1.54, 1.807) is 13.1 Å². The second-order valence-electron chi connectivity index (χ2n) is 7.16. The number of aromatic nitrogens is 2. The molecule has 8 nitrogen and oxygen atoms in total. The Bertz CT molecular complexity index is 1260. The molecule has 0 radical (unpaired) electrons. The van der Waals surface area contributed by atoms with Crippen molar-refractivity contribution in [1.29, 1.82) is 0 Å². The summed E-state index contributed by atoms with van der Waals surface area (Å²) < 4.78 is 30.3. The fraction of sp³-hybridized carbons (Fsp3) is 0.190. The van der Waals surface area contributed by atoms with E-state index in [1.165, 1.54) is 25.2 Å². The number of carbonyl (C=O) groups is 2. The molecule has 1 N–H and O–H groups in total. The molecule has 3 aromatic rings. The molecule has 1 unspecified atom stereocenters. The molecular formula is C21H20N4O4S. The van der Waals surface area contributed by atoms with Crippen molar-refractivity contribution >= 4 is 21.8 Å². The highest BCUT2D eigenvalue weighted by Crippen LogP contribution is 2.26. The molecule has 0 saturated heterocycles. The van der Waals surface area contributed by atoms with E-state index < -0.39 is 27.9 Å². The van der Waals surface area contributed by atoms with Crippen LogP contribution in [0.5, 0.6) is 0 Å². The molecule has 30 heavy (non-hydrogen) atoms. The first kappa shape index (κ1) is 20.0. The van der Waals surface area contributed by atoms with Gasteiger partial charge in [-0.25, -0.2) is 18.1 Å². The highest BCUT2D eigenvalue weighted by atomic mass is 32.2. The van der Waals surface area contributed by atoms with E-state index in [0.717, 1.165) is 22.0 Å². The number of fused-ring (bicyclic) bond motifs is 1. The van der Waals surface area contributed by atoms with E-state index >= 15 is 0 Å². The summed E-state index contributed by atoms with van der Waals surface area (Å²) in [7, 11) is -2.53. The average Bonchev–Trinajstić information content (AvgIpc) is 3.25. The maximum Gasteiger partial charge on any atom is 0.261 e. The minimum absolute atomic E-state index is 0.0600. The van der Waals surface area contributed by atoms with Crippen molar-refractivity contribution in [3.8, 4) is 5.69 Å². The number of sulfonamides is 1. The number of imidazole rings is 1. The van der Waals surface area contributed by atoms with Crippen LogP contribution in [0.15, 0.2) is 59.8 Å². The second kappa shape index (κ2) is 7.19. The maximum absolute atomic E-state index is 12.9. The van der Waals surface area contributed by atoms with Gasteiger partial charge in [0, 0.05) is 31.2 Å². The first-order chi connectivity index (χ1) is 14.2. The Hall–Kier alpha value is -3.30. The lowest BCUT2D eigenvalue weighted by Crippen LogP contribution is -2.27. The molecule has 1 aliphatic heterocycles. The van der Waals surface area contributed by atoms with Crippen molar-refractivity contribution in [2.75, 3.05) is 7.05 Å². The summed E-state index contributed by atoms with van der Waals surface area (Å²) >= 11 is 0. The van der Waals surface area contributed by atoms with Crippen molar-refractivity contribution < 1.29 is 18.0 Å². The van der Waals surface area contributed by atoms with Gasteiger partial charge in [-0.05, 0) is 49.7 Å². The van der Waals surface area contributed by atoms with Crippen LogP contribution in [-0.2, 0) is 10.0 Å². The zero-order chi connectivity index (χ0) is 21.6. The minimum Gasteiger partial charge on any atom is -0.304 e. The molecule has 2 aromatic carbocycles. The van der Waals surface area contributed by atoms with Gasteiger partial charge in [0.1, 0.15) is 5.82 Å². The molecule has 1 aliphatic rings. The topological polar surface area (TPSA) is 101 Å². The van der Waals surface area contributed by atoms with Gasteiger partial charge in [0.25, 0.3) is 11.8 Å². The number of benzene rings is 2. The summed E-state index contributed by atoms with van der Waals surface area (Å²) in [5.74, 6) is -0.0919. The van der Waals surface area contributed by atoms with Crippen LogP contribution in [0.25, 0.3) is 5.69 Å². The van der Waals surface area contributed by atoms with E-state index in [1.807, 2.05) is 42.0 Å². The number of carbonyl (C=O) groups excluding carboxylic acids is 2. The summed E-state index contributed by atoms with van der Waals surface area (Å²) in [6, 6.07) is 10.9. The molecule has 0 saturated carbocycles. The van der Waals surface area contributed by atoms with Gasteiger partial charge < -0.3 is 4.57 Å². The molecule has 0 aliphatic carbocycles. The van der Waals surface area contributed by atoms with E-state index in [4.69, 9.17) is 0 Å². The van der Waals surface area contributed by atoms with Gasteiger partial charge in [-0.15, -0.1) is 0 Å². The van der Waals surface area contributed by atoms with Gasteiger partial charge in [-0.3, -0.25) is 14.5 Å². The third-order valence-electron chi connectivity index (χ3n) is 5.20. The summed E-state index contributed by atoms with van der Waals surface area (Å²) in [4.78, 5) is 29.3.